The summed E-state index contributed by atoms with van der Waals surface area (Å²) in [6.45, 7) is -1.78. The van der Waals surface area contributed by atoms with E-state index < -0.39 is 36.5 Å². The van der Waals surface area contributed by atoms with Crippen molar-refractivity contribution in [2.75, 3.05) is 18.5 Å². The molecule has 4 rings (SSSR count). The van der Waals surface area contributed by atoms with Crippen molar-refractivity contribution in [3.05, 3.63) is 53.9 Å². The number of carbonyl (C=O) groups is 3. The number of allylic oxidation sites excluding steroid dienone is 1. The fourth-order valence-corrected chi connectivity index (χ4v) is 7.22. The van der Waals surface area contributed by atoms with Gasteiger partial charge in [0.1, 0.15) is 27.0 Å². The molecule has 194 valence electrons. The molecule has 2 aliphatic rings. The Balaban J connectivity index is 1.80. The number of hydrogen-bond acceptors (Lipinski definition) is 11. The number of carbonyl (C=O) groups excluding carboxylic acids is 1. The second-order valence-corrected chi connectivity index (χ2v) is 11.5. The maximum atomic E-state index is 13.1. The minimum atomic E-state index is -1.28. The van der Waals surface area contributed by atoms with Gasteiger partial charge in [0.15, 0.2) is 0 Å². The minimum absolute atomic E-state index is 0.00372. The number of fused-ring (bicyclic) bond motifs is 1. The van der Waals surface area contributed by atoms with Crippen molar-refractivity contribution in [3.63, 3.8) is 0 Å². The zero-order valence-corrected chi connectivity index (χ0v) is 22.3. The third-order valence-corrected chi connectivity index (χ3v) is 9.32. The number of thiazole rings is 1. The van der Waals surface area contributed by atoms with Gasteiger partial charge in [-0.05, 0) is 35.4 Å². The van der Waals surface area contributed by atoms with Crippen LogP contribution in [0, 0.1) is 0 Å². The molecule has 2 aromatic rings. The third-order valence-electron chi connectivity index (χ3n) is 5.44. The number of carboxylic acids is 2. The van der Waals surface area contributed by atoms with Crippen molar-refractivity contribution >= 4 is 85.9 Å². The summed E-state index contributed by atoms with van der Waals surface area (Å²) in [5.41, 5.74) is 1.41. The molecule has 0 bridgehead atoms. The Morgan fingerprint density at radius 1 is 1.00 bits per heavy atom. The largest absolute Gasteiger partial charge is 0.480 e. The molecule has 3 heterocycles. The van der Waals surface area contributed by atoms with Crippen molar-refractivity contribution in [1.29, 1.82) is 0 Å². The Morgan fingerprint density at radius 3 is 2.27 bits per heavy atom. The number of nitrogens with zero attached hydrogens (tertiary/aromatic N) is 3. The summed E-state index contributed by atoms with van der Waals surface area (Å²) < 4.78 is 1.22. The van der Waals surface area contributed by atoms with E-state index in [1.54, 1.807) is 18.2 Å². The van der Waals surface area contributed by atoms with Gasteiger partial charge in [-0.25, -0.2) is 0 Å². The lowest BCUT2D eigenvalue weighted by atomic mass is 10.1. The average Bonchev–Trinajstić information content (AvgIpc) is 3.42. The number of aromatic nitrogens is 1. The van der Waals surface area contributed by atoms with Crippen LogP contribution in [0.5, 0.6) is 0 Å². The molecule has 0 aliphatic carbocycles. The SMILES string of the molecule is CN1C(=CC=c2s/c(=C3/SC(=S)N(CC(=O)O)C3=O)n(CC(=O)O)c2=O)Sc2cc(CO)c(CO)cc21. The summed E-state index contributed by atoms with van der Waals surface area (Å²) >= 11 is 8.24. The zero-order chi connectivity index (χ0) is 27.0. The van der Waals surface area contributed by atoms with Gasteiger partial charge in [-0.3, -0.25) is 28.6 Å². The Kier molecular flexibility index (Phi) is 7.91. The van der Waals surface area contributed by atoms with E-state index in [0.29, 0.717) is 11.1 Å². The summed E-state index contributed by atoms with van der Waals surface area (Å²) in [5, 5.41) is 38.3. The normalized spacial score (nSPS) is 18.4. The topological polar surface area (TPSA) is 161 Å². The van der Waals surface area contributed by atoms with Crippen LogP contribution in [-0.2, 0) is 34.1 Å². The van der Waals surface area contributed by atoms with Crippen molar-refractivity contribution in [3.8, 4) is 0 Å². The van der Waals surface area contributed by atoms with E-state index in [1.807, 2.05) is 11.9 Å². The molecule has 0 unspecified atom stereocenters. The van der Waals surface area contributed by atoms with Gasteiger partial charge < -0.3 is 25.3 Å². The maximum absolute atomic E-state index is 13.1. The molecule has 1 amide bonds. The molecule has 1 fully saturated rings. The van der Waals surface area contributed by atoms with Gasteiger partial charge in [0.05, 0.1) is 28.5 Å². The summed E-state index contributed by atoms with van der Waals surface area (Å²) in [6, 6.07) is 3.57. The third kappa shape index (κ3) is 5.23. The number of thiocarbonyl (C=S) groups is 1. The van der Waals surface area contributed by atoms with Gasteiger partial charge in [-0.2, -0.15) is 0 Å². The highest BCUT2D eigenvalue weighted by Gasteiger charge is 2.35. The average molecular weight is 582 g/mol. The van der Waals surface area contributed by atoms with Crippen LogP contribution in [0.3, 0.4) is 0 Å². The van der Waals surface area contributed by atoms with Crippen molar-refractivity contribution in [2.45, 2.75) is 24.7 Å². The van der Waals surface area contributed by atoms with Crippen LogP contribution >= 0.6 is 47.1 Å². The minimum Gasteiger partial charge on any atom is -0.480 e. The van der Waals surface area contributed by atoms with Crippen LogP contribution in [0.2, 0.25) is 0 Å². The monoisotopic (exact) mass is 581 g/mol. The fourth-order valence-electron chi connectivity index (χ4n) is 3.66. The van der Waals surface area contributed by atoms with Crippen LogP contribution in [0.1, 0.15) is 11.1 Å². The van der Waals surface area contributed by atoms with Gasteiger partial charge in [-0.15, -0.1) is 11.3 Å². The summed E-state index contributed by atoms with van der Waals surface area (Å²) in [4.78, 5) is 52.1. The van der Waals surface area contributed by atoms with E-state index in [4.69, 9.17) is 17.3 Å². The second kappa shape index (κ2) is 10.8. The Hall–Kier alpha value is -2.95. The molecular formula is C22H19N3O8S4. The lowest BCUT2D eigenvalue weighted by molar-refractivity contribution is -0.140. The highest BCUT2D eigenvalue weighted by atomic mass is 32.2. The lowest BCUT2D eigenvalue weighted by Gasteiger charge is -2.14. The molecule has 2 aliphatic heterocycles. The number of anilines is 1. The van der Waals surface area contributed by atoms with Crippen LogP contribution in [0.4, 0.5) is 5.69 Å². The van der Waals surface area contributed by atoms with Gasteiger partial charge in [0.25, 0.3) is 11.5 Å². The Bertz CT molecular complexity index is 1560. The number of aliphatic carboxylic acids is 2. The molecule has 11 nitrogen and oxygen atoms in total. The number of benzene rings is 1. The predicted octanol–water partition coefficient (Wildman–Crippen LogP) is -0.104. The predicted molar refractivity (Wildman–Crippen MR) is 144 cm³/mol. The maximum Gasteiger partial charge on any atom is 0.323 e. The first kappa shape index (κ1) is 27.1. The second-order valence-electron chi connectivity index (χ2n) is 7.78. The zero-order valence-electron chi connectivity index (χ0n) is 19.0. The number of carboxylic acid groups (broad SMARTS) is 2. The molecule has 0 spiro atoms. The summed E-state index contributed by atoms with van der Waals surface area (Å²) in [7, 11) is 1.81. The lowest BCUT2D eigenvalue weighted by Crippen LogP contribution is -2.36. The molecular weight excluding hydrogens is 563 g/mol. The number of aliphatic hydroxyl groups is 2. The molecule has 1 aromatic carbocycles. The molecule has 1 saturated heterocycles. The van der Waals surface area contributed by atoms with Crippen molar-refractivity contribution in [2.24, 2.45) is 0 Å². The van der Waals surface area contributed by atoms with Gasteiger partial charge in [0.2, 0.25) is 0 Å². The van der Waals surface area contributed by atoms with E-state index in [1.165, 1.54) is 17.8 Å². The smallest absolute Gasteiger partial charge is 0.323 e. The van der Waals surface area contributed by atoms with E-state index in [2.05, 4.69) is 0 Å². The fraction of sp³-hybridized carbons (Fsp3) is 0.227. The first-order chi connectivity index (χ1) is 17.5. The Labute approximate surface area is 226 Å². The highest BCUT2D eigenvalue weighted by Crippen LogP contribution is 2.46. The number of thioether (sulfide) groups is 2. The van der Waals surface area contributed by atoms with E-state index in [9.17, 15) is 34.5 Å². The number of hydrogen-bond donors (Lipinski definition) is 4. The van der Waals surface area contributed by atoms with Gasteiger partial charge in [-0.1, -0.05) is 35.7 Å². The van der Waals surface area contributed by atoms with Gasteiger partial charge >= 0.3 is 11.9 Å². The molecule has 1 aromatic heterocycles. The Morgan fingerprint density at radius 2 is 1.65 bits per heavy atom. The first-order valence-corrected chi connectivity index (χ1v) is 13.3. The van der Waals surface area contributed by atoms with Crippen LogP contribution in [-0.4, -0.2) is 65.7 Å². The van der Waals surface area contributed by atoms with Crippen LogP contribution in [0.15, 0.2) is 32.9 Å². The van der Waals surface area contributed by atoms with E-state index >= 15 is 0 Å². The van der Waals surface area contributed by atoms with E-state index in [-0.39, 0.29) is 31.6 Å². The van der Waals surface area contributed by atoms with Crippen molar-refractivity contribution < 1.29 is 34.8 Å². The highest BCUT2D eigenvalue weighted by molar-refractivity contribution is 8.30. The number of rotatable bonds is 7. The molecule has 4 N–H and O–H groups in total. The molecule has 0 radical (unpaired) electrons. The molecule has 0 saturated carbocycles. The number of amides is 1. The summed E-state index contributed by atoms with van der Waals surface area (Å²) in [6.07, 6.45) is 3.21. The quantitative estimate of drug-likeness (QED) is 0.322. The number of aliphatic hydroxyl groups excluding tert-OH is 2. The first-order valence-electron chi connectivity index (χ1n) is 10.5. The van der Waals surface area contributed by atoms with Crippen LogP contribution in [0.25, 0.3) is 11.0 Å². The molecule has 15 heteroatoms. The molecule has 0 atom stereocenters. The summed E-state index contributed by atoms with van der Waals surface area (Å²) in [5.74, 6) is -3.25. The van der Waals surface area contributed by atoms with Gasteiger partial charge in [0, 0.05) is 11.9 Å². The molecule has 37 heavy (non-hydrogen) atoms. The standard InChI is InChI=1S/C22H19N3O8S4/c1-23-12-4-10(8-26)11(9-27)5-14(12)35-15(23)3-2-13-19(32)24(6-16(28)29)21(36-13)18-20(33)25(7-17(30)31)22(34)37-18/h2-5,26-27H,6-9H2,1H3,(H,28,29)(H,30,31)/b13-2?,15-3?,21-18+. The van der Waals surface area contributed by atoms with E-state index in [0.717, 1.165) is 48.2 Å². The van der Waals surface area contributed by atoms with Crippen LogP contribution < -0.4 is 19.7 Å². The van der Waals surface area contributed by atoms with Crippen molar-refractivity contribution in [1.82, 2.24) is 9.47 Å².